The molecular weight excluding hydrogens is 311 g/mol. The van der Waals surface area contributed by atoms with Crippen LogP contribution in [0.4, 0.5) is 0 Å². The van der Waals surface area contributed by atoms with Crippen LogP contribution in [-0.2, 0) is 17.9 Å². The lowest BCUT2D eigenvalue weighted by molar-refractivity contribution is -0.121. The van der Waals surface area contributed by atoms with Gasteiger partial charge in [0, 0.05) is 31.4 Å². The van der Waals surface area contributed by atoms with Crippen molar-refractivity contribution < 1.29 is 4.79 Å². The first-order valence-electron chi connectivity index (χ1n) is 7.15. The molecule has 1 aromatic rings. The van der Waals surface area contributed by atoms with Crippen LogP contribution in [0.3, 0.4) is 0 Å². The lowest BCUT2D eigenvalue weighted by atomic mass is 10.1. The molecule has 1 aliphatic rings. The van der Waals surface area contributed by atoms with E-state index in [1.165, 1.54) is 6.42 Å². The molecule has 1 unspecified atom stereocenters. The SMILES string of the molecule is CC(C)Cn1ccnc1CNC(=O)CC1CCCN1.Cl.Cl. The molecule has 1 fully saturated rings. The van der Waals surface area contributed by atoms with E-state index in [1.54, 1.807) is 6.20 Å². The van der Waals surface area contributed by atoms with Crippen molar-refractivity contribution in [3.05, 3.63) is 18.2 Å². The van der Waals surface area contributed by atoms with E-state index in [1.807, 2.05) is 6.20 Å². The van der Waals surface area contributed by atoms with Gasteiger partial charge in [-0.15, -0.1) is 24.8 Å². The van der Waals surface area contributed by atoms with Crippen LogP contribution in [-0.4, -0.2) is 28.0 Å². The second-order valence-electron chi connectivity index (χ2n) is 5.66. The van der Waals surface area contributed by atoms with Gasteiger partial charge in [-0.3, -0.25) is 4.79 Å². The number of nitrogens with zero attached hydrogens (tertiary/aromatic N) is 2. The molecule has 0 spiro atoms. The van der Waals surface area contributed by atoms with Crippen molar-refractivity contribution in [2.24, 2.45) is 5.92 Å². The van der Waals surface area contributed by atoms with Gasteiger partial charge in [-0.05, 0) is 25.3 Å². The molecule has 2 N–H and O–H groups in total. The molecule has 0 aliphatic carbocycles. The molecular formula is C14H26Cl2N4O. The topological polar surface area (TPSA) is 59.0 Å². The number of carbonyl (C=O) groups is 1. The Balaban J connectivity index is 0.00000200. The summed E-state index contributed by atoms with van der Waals surface area (Å²) in [6.45, 7) is 6.85. The van der Waals surface area contributed by atoms with Crippen LogP contribution < -0.4 is 10.6 Å². The fourth-order valence-electron chi connectivity index (χ4n) is 2.47. The van der Waals surface area contributed by atoms with Crippen LogP contribution in [0.15, 0.2) is 12.4 Å². The summed E-state index contributed by atoms with van der Waals surface area (Å²) in [4.78, 5) is 16.1. The molecule has 7 heteroatoms. The number of rotatable bonds is 6. The summed E-state index contributed by atoms with van der Waals surface area (Å²) >= 11 is 0. The number of halogens is 2. The van der Waals surface area contributed by atoms with Crippen molar-refractivity contribution in [1.82, 2.24) is 20.2 Å². The number of imidazole rings is 1. The number of carbonyl (C=O) groups excluding carboxylic acids is 1. The van der Waals surface area contributed by atoms with Crippen LogP contribution in [0.2, 0.25) is 0 Å². The Morgan fingerprint density at radius 1 is 1.52 bits per heavy atom. The molecule has 5 nitrogen and oxygen atoms in total. The van der Waals surface area contributed by atoms with E-state index in [9.17, 15) is 4.79 Å². The van der Waals surface area contributed by atoms with E-state index >= 15 is 0 Å². The van der Waals surface area contributed by atoms with E-state index in [4.69, 9.17) is 0 Å². The molecule has 1 atom stereocenters. The van der Waals surface area contributed by atoms with Gasteiger partial charge in [-0.2, -0.15) is 0 Å². The first-order chi connectivity index (χ1) is 9.15. The van der Waals surface area contributed by atoms with Crippen LogP contribution in [0.1, 0.15) is 38.9 Å². The Kier molecular flexibility index (Phi) is 9.66. The average molecular weight is 337 g/mol. The lowest BCUT2D eigenvalue weighted by Gasteiger charge is -2.12. The van der Waals surface area contributed by atoms with Gasteiger partial charge >= 0.3 is 0 Å². The smallest absolute Gasteiger partial charge is 0.221 e. The highest BCUT2D eigenvalue weighted by Gasteiger charge is 2.17. The fourth-order valence-corrected chi connectivity index (χ4v) is 2.47. The van der Waals surface area contributed by atoms with Crippen molar-refractivity contribution in [3.63, 3.8) is 0 Å². The summed E-state index contributed by atoms with van der Waals surface area (Å²) in [5.41, 5.74) is 0. The Labute approximate surface area is 139 Å². The minimum atomic E-state index is 0. The Morgan fingerprint density at radius 3 is 2.90 bits per heavy atom. The van der Waals surface area contributed by atoms with Crippen LogP contribution in [0, 0.1) is 5.92 Å². The zero-order valence-corrected chi connectivity index (χ0v) is 14.3. The molecule has 21 heavy (non-hydrogen) atoms. The third-order valence-corrected chi connectivity index (χ3v) is 3.40. The van der Waals surface area contributed by atoms with Crippen LogP contribution in [0.25, 0.3) is 0 Å². The summed E-state index contributed by atoms with van der Waals surface area (Å²) in [5, 5.41) is 6.30. The van der Waals surface area contributed by atoms with Gasteiger partial charge in [0.05, 0.1) is 6.54 Å². The first-order valence-corrected chi connectivity index (χ1v) is 7.15. The maximum absolute atomic E-state index is 11.8. The summed E-state index contributed by atoms with van der Waals surface area (Å²) in [6.07, 6.45) is 6.62. The second kappa shape index (κ2) is 10.0. The second-order valence-corrected chi connectivity index (χ2v) is 5.66. The summed E-state index contributed by atoms with van der Waals surface area (Å²) < 4.78 is 2.11. The van der Waals surface area contributed by atoms with Gasteiger partial charge in [0.1, 0.15) is 5.82 Å². The highest BCUT2D eigenvalue weighted by atomic mass is 35.5. The maximum atomic E-state index is 11.8. The maximum Gasteiger partial charge on any atom is 0.221 e. The molecule has 0 aromatic carbocycles. The van der Waals surface area contributed by atoms with E-state index in [0.29, 0.717) is 24.9 Å². The van der Waals surface area contributed by atoms with E-state index in [0.717, 1.165) is 25.3 Å². The predicted octanol–water partition coefficient (Wildman–Crippen LogP) is 2.14. The quantitative estimate of drug-likeness (QED) is 0.836. The fraction of sp³-hybridized carbons (Fsp3) is 0.714. The average Bonchev–Trinajstić information content (AvgIpc) is 2.97. The molecule has 2 rings (SSSR count). The summed E-state index contributed by atoms with van der Waals surface area (Å²) in [5.74, 6) is 1.62. The molecule has 0 bridgehead atoms. The molecule has 1 amide bonds. The molecule has 1 aromatic heterocycles. The van der Waals surface area contributed by atoms with Crippen molar-refractivity contribution in [1.29, 1.82) is 0 Å². The van der Waals surface area contributed by atoms with Gasteiger partial charge in [0.25, 0.3) is 0 Å². The van der Waals surface area contributed by atoms with E-state index in [2.05, 4.69) is 34.0 Å². The monoisotopic (exact) mass is 336 g/mol. The number of hydrogen-bond donors (Lipinski definition) is 2. The van der Waals surface area contributed by atoms with E-state index < -0.39 is 0 Å². The van der Waals surface area contributed by atoms with Crippen molar-refractivity contribution in [2.45, 2.75) is 52.2 Å². The number of amides is 1. The van der Waals surface area contributed by atoms with Crippen molar-refractivity contribution >= 4 is 30.7 Å². The zero-order chi connectivity index (χ0) is 13.7. The largest absolute Gasteiger partial charge is 0.349 e. The highest BCUT2D eigenvalue weighted by molar-refractivity contribution is 5.85. The number of hydrogen-bond acceptors (Lipinski definition) is 3. The van der Waals surface area contributed by atoms with Crippen LogP contribution in [0.5, 0.6) is 0 Å². The summed E-state index contributed by atoms with van der Waals surface area (Å²) in [6, 6.07) is 0.357. The molecule has 2 heterocycles. The minimum Gasteiger partial charge on any atom is -0.349 e. The predicted molar refractivity (Wildman–Crippen MR) is 89.0 cm³/mol. The first kappa shape index (κ1) is 20.2. The van der Waals surface area contributed by atoms with Crippen molar-refractivity contribution in [2.75, 3.05) is 6.54 Å². The lowest BCUT2D eigenvalue weighted by Crippen LogP contribution is -2.32. The normalized spacial score (nSPS) is 17.2. The van der Waals surface area contributed by atoms with Gasteiger partial charge < -0.3 is 15.2 Å². The Bertz CT molecular complexity index is 417. The standard InChI is InChI=1S/C14H24N4O.2ClH/c1-11(2)10-18-7-6-16-13(18)9-17-14(19)8-12-4-3-5-15-12;;/h6-7,11-12,15H,3-5,8-10H2,1-2H3,(H,17,19);2*1H. The van der Waals surface area contributed by atoms with Gasteiger partial charge in [-0.1, -0.05) is 13.8 Å². The van der Waals surface area contributed by atoms with Gasteiger partial charge in [-0.25, -0.2) is 4.98 Å². The van der Waals surface area contributed by atoms with Gasteiger partial charge in [0.15, 0.2) is 0 Å². The molecule has 1 saturated heterocycles. The summed E-state index contributed by atoms with van der Waals surface area (Å²) in [7, 11) is 0. The molecule has 0 saturated carbocycles. The van der Waals surface area contributed by atoms with Crippen LogP contribution >= 0.6 is 24.8 Å². The minimum absolute atomic E-state index is 0. The van der Waals surface area contributed by atoms with Crippen molar-refractivity contribution in [3.8, 4) is 0 Å². The number of aromatic nitrogens is 2. The van der Waals surface area contributed by atoms with E-state index in [-0.39, 0.29) is 30.7 Å². The zero-order valence-electron chi connectivity index (χ0n) is 12.7. The third kappa shape index (κ3) is 6.68. The number of nitrogens with one attached hydrogen (secondary N) is 2. The Hall–Kier alpha value is -0.780. The third-order valence-electron chi connectivity index (χ3n) is 3.40. The molecule has 1 aliphatic heterocycles. The molecule has 0 radical (unpaired) electrons. The molecule has 122 valence electrons. The Morgan fingerprint density at radius 2 is 2.29 bits per heavy atom. The highest BCUT2D eigenvalue weighted by Crippen LogP contribution is 2.08. The van der Waals surface area contributed by atoms with Gasteiger partial charge in [0.2, 0.25) is 5.91 Å².